The van der Waals surface area contributed by atoms with E-state index in [0.717, 1.165) is 0 Å². The summed E-state index contributed by atoms with van der Waals surface area (Å²) in [6, 6.07) is 0. The number of hydrogen-bond acceptors (Lipinski definition) is 0. The zero-order valence-electron chi connectivity index (χ0n) is 15.5. The van der Waals surface area contributed by atoms with Gasteiger partial charge in [-0.1, -0.05) is 111 Å². The van der Waals surface area contributed by atoms with E-state index in [-0.39, 0.29) is 0 Å². The first-order chi connectivity index (χ1) is 10.4. The molecule has 0 N–H and O–H groups in total. The highest BCUT2D eigenvalue weighted by molar-refractivity contribution is 4.82. The molecule has 21 heavy (non-hydrogen) atoms. The van der Waals surface area contributed by atoms with Gasteiger partial charge in [-0.25, -0.2) is 0 Å². The van der Waals surface area contributed by atoms with Crippen LogP contribution in [0.4, 0.5) is 0 Å². The summed E-state index contributed by atoms with van der Waals surface area (Å²) >= 11 is 0. The molecular formula is C21H42. The second-order valence-electron chi connectivity index (χ2n) is 7.12. The Morgan fingerprint density at radius 1 is 0.333 bits per heavy atom. The van der Waals surface area contributed by atoms with Crippen LogP contribution in [0.15, 0.2) is 0 Å². The predicted octanol–water partition coefficient (Wildman–Crippen LogP) is 7.62. The van der Waals surface area contributed by atoms with E-state index in [1.54, 1.807) is 51.4 Å². The van der Waals surface area contributed by atoms with Gasteiger partial charge in [-0.05, 0) is 23.7 Å². The highest BCUT2D eigenvalue weighted by Gasteiger charge is 2.30. The molecule has 2 unspecified atom stereocenters. The zero-order valence-corrected chi connectivity index (χ0v) is 15.5. The molecule has 0 radical (unpaired) electrons. The van der Waals surface area contributed by atoms with E-state index in [4.69, 9.17) is 0 Å². The van der Waals surface area contributed by atoms with Crippen molar-refractivity contribution in [2.24, 2.45) is 23.7 Å². The lowest BCUT2D eigenvalue weighted by Gasteiger charge is -2.24. The van der Waals surface area contributed by atoms with E-state index in [1.165, 1.54) is 55.8 Å². The monoisotopic (exact) mass is 294 g/mol. The Bertz CT molecular complexity index is 200. The number of rotatable bonds is 0. The topological polar surface area (TPSA) is 0 Å². The largest absolute Gasteiger partial charge is 0.0683 e. The Hall–Kier alpha value is 0. The van der Waals surface area contributed by atoms with Gasteiger partial charge in [-0.15, -0.1) is 0 Å². The fraction of sp³-hybridized carbons (Fsp3) is 1.00. The molecule has 4 aliphatic rings. The van der Waals surface area contributed by atoms with Crippen LogP contribution in [0.2, 0.25) is 0 Å². The minimum Gasteiger partial charge on any atom is -0.0683 e. The molecule has 0 heterocycles. The molecule has 0 nitrogen and oxygen atoms in total. The van der Waals surface area contributed by atoms with Crippen molar-refractivity contribution in [1.29, 1.82) is 0 Å². The molecule has 2 atom stereocenters. The standard InChI is InChI=1S/C9H16.C8H14.2C2H6/c1-2-5-9-7-3-6-8(9)4-1;1-3-7-5-2-6-8(7)4-1;2*1-2/h8-9H,1-7H2;7-8H,1-6H2;2*1-2H3. The van der Waals surface area contributed by atoms with Gasteiger partial charge in [0.1, 0.15) is 0 Å². The highest BCUT2D eigenvalue weighted by Crippen LogP contribution is 2.43. The summed E-state index contributed by atoms with van der Waals surface area (Å²) in [7, 11) is 0. The fourth-order valence-corrected chi connectivity index (χ4v) is 5.20. The zero-order chi connectivity index (χ0) is 15.5. The highest BCUT2D eigenvalue weighted by atomic mass is 14.4. The Labute approximate surface area is 135 Å². The van der Waals surface area contributed by atoms with Gasteiger partial charge in [0, 0.05) is 0 Å². The van der Waals surface area contributed by atoms with Crippen LogP contribution in [0.5, 0.6) is 0 Å². The van der Waals surface area contributed by atoms with Crippen molar-refractivity contribution in [3.63, 3.8) is 0 Å². The Balaban J connectivity index is 0.000000171. The van der Waals surface area contributed by atoms with E-state index in [2.05, 4.69) is 0 Å². The first-order valence-electron chi connectivity index (χ1n) is 10.4. The predicted molar refractivity (Wildman–Crippen MR) is 96.7 cm³/mol. The summed E-state index contributed by atoms with van der Waals surface area (Å²) in [5.41, 5.74) is 0. The first kappa shape index (κ1) is 19.0. The van der Waals surface area contributed by atoms with Crippen LogP contribution in [0, 0.1) is 23.7 Å². The van der Waals surface area contributed by atoms with Gasteiger partial charge in [0.2, 0.25) is 0 Å². The summed E-state index contributed by atoms with van der Waals surface area (Å²) in [4.78, 5) is 0. The molecular weight excluding hydrogens is 252 g/mol. The summed E-state index contributed by atoms with van der Waals surface area (Å²) in [6.07, 6.45) is 20.2. The van der Waals surface area contributed by atoms with Crippen LogP contribution in [-0.4, -0.2) is 0 Å². The molecule has 0 bridgehead atoms. The number of hydrogen-bond donors (Lipinski definition) is 0. The molecule has 0 amide bonds. The van der Waals surface area contributed by atoms with Gasteiger partial charge in [0.15, 0.2) is 0 Å². The smallest absolute Gasteiger partial charge is 0.0386 e. The Morgan fingerprint density at radius 3 is 0.762 bits per heavy atom. The average Bonchev–Trinajstić information content (AvgIpc) is 3.28. The summed E-state index contributed by atoms with van der Waals surface area (Å²) < 4.78 is 0. The molecule has 126 valence electrons. The van der Waals surface area contributed by atoms with E-state index >= 15 is 0 Å². The van der Waals surface area contributed by atoms with Crippen molar-refractivity contribution in [3.05, 3.63) is 0 Å². The van der Waals surface area contributed by atoms with Crippen LogP contribution in [-0.2, 0) is 0 Å². The summed E-state index contributed by atoms with van der Waals surface area (Å²) in [5.74, 6) is 4.68. The second-order valence-corrected chi connectivity index (χ2v) is 7.12. The molecule has 0 saturated heterocycles. The van der Waals surface area contributed by atoms with Crippen LogP contribution >= 0.6 is 0 Å². The van der Waals surface area contributed by atoms with Crippen LogP contribution in [0.3, 0.4) is 0 Å². The van der Waals surface area contributed by atoms with Crippen molar-refractivity contribution in [3.8, 4) is 0 Å². The van der Waals surface area contributed by atoms with E-state index < -0.39 is 0 Å². The van der Waals surface area contributed by atoms with Crippen molar-refractivity contribution in [2.75, 3.05) is 0 Å². The third kappa shape index (κ3) is 5.95. The second kappa shape index (κ2) is 11.6. The Kier molecular flexibility index (Phi) is 10.5. The molecule has 0 heteroatoms. The lowest BCUT2D eigenvalue weighted by molar-refractivity contribution is 0.277. The molecule has 0 aliphatic heterocycles. The van der Waals surface area contributed by atoms with Crippen LogP contribution < -0.4 is 0 Å². The minimum absolute atomic E-state index is 1.17. The first-order valence-corrected chi connectivity index (χ1v) is 10.4. The van der Waals surface area contributed by atoms with Gasteiger partial charge < -0.3 is 0 Å². The maximum Gasteiger partial charge on any atom is -0.0386 e. The van der Waals surface area contributed by atoms with Gasteiger partial charge >= 0.3 is 0 Å². The molecule has 0 spiro atoms. The van der Waals surface area contributed by atoms with E-state index in [9.17, 15) is 0 Å². The third-order valence-corrected chi connectivity index (χ3v) is 6.18. The van der Waals surface area contributed by atoms with Gasteiger partial charge in [-0.3, -0.25) is 0 Å². The van der Waals surface area contributed by atoms with E-state index in [1.807, 2.05) is 27.7 Å². The summed E-state index contributed by atoms with van der Waals surface area (Å²) in [5, 5.41) is 0. The van der Waals surface area contributed by atoms with Crippen molar-refractivity contribution < 1.29 is 0 Å². The number of fused-ring (bicyclic) bond motifs is 2. The molecule has 0 aromatic heterocycles. The van der Waals surface area contributed by atoms with Gasteiger partial charge in [0.25, 0.3) is 0 Å². The molecule has 4 rings (SSSR count). The quantitative estimate of drug-likeness (QED) is 0.431. The van der Waals surface area contributed by atoms with Gasteiger partial charge in [0.05, 0.1) is 0 Å². The molecule has 4 saturated carbocycles. The molecule has 0 aromatic carbocycles. The summed E-state index contributed by atoms with van der Waals surface area (Å²) in [6.45, 7) is 8.00. The van der Waals surface area contributed by atoms with Crippen molar-refractivity contribution in [2.45, 2.75) is 111 Å². The van der Waals surface area contributed by atoms with Crippen molar-refractivity contribution in [1.82, 2.24) is 0 Å². The Morgan fingerprint density at radius 2 is 0.524 bits per heavy atom. The van der Waals surface area contributed by atoms with Crippen LogP contribution in [0.25, 0.3) is 0 Å². The molecule has 4 fully saturated rings. The van der Waals surface area contributed by atoms with E-state index in [0.29, 0.717) is 0 Å². The molecule has 0 aromatic rings. The van der Waals surface area contributed by atoms with Gasteiger partial charge in [-0.2, -0.15) is 0 Å². The van der Waals surface area contributed by atoms with Crippen molar-refractivity contribution >= 4 is 0 Å². The maximum absolute atomic E-state index is 2.00. The third-order valence-electron chi connectivity index (χ3n) is 6.18. The van der Waals surface area contributed by atoms with Crippen LogP contribution in [0.1, 0.15) is 111 Å². The normalized spacial score (nSPS) is 36.0. The molecule has 4 aliphatic carbocycles. The average molecular weight is 295 g/mol. The lowest BCUT2D eigenvalue weighted by Crippen LogP contribution is -2.12. The SMILES string of the molecule is C1CC2CCCC2C1.C1CCC2CCCC2C1.CC.CC. The maximum atomic E-state index is 2.00. The minimum atomic E-state index is 1.17. The lowest BCUT2D eigenvalue weighted by atomic mass is 9.82. The fourth-order valence-electron chi connectivity index (χ4n) is 5.20.